The monoisotopic (exact) mass is 306 g/mol. The summed E-state index contributed by atoms with van der Waals surface area (Å²) in [5.74, 6) is -0.0477. The average molecular weight is 306 g/mol. The number of Topliss-reactive ketones (excluding diaryl/α,β-unsaturated/α-hetero) is 1. The lowest BCUT2D eigenvalue weighted by atomic mass is 10.1. The minimum atomic E-state index is -0.0658. The van der Waals surface area contributed by atoms with Crippen molar-refractivity contribution in [3.63, 3.8) is 0 Å². The minimum Gasteiger partial charge on any atom is -0.332 e. The SMILES string of the molecule is CCCCCCC(=O)NC(=S)Nc1ccc(C(C)=O)cc1. The van der Waals surface area contributed by atoms with Gasteiger partial charge in [0.1, 0.15) is 0 Å². The van der Waals surface area contributed by atoms with E-state index in [-0.39, 0.29) is 16.8 Å². The van der Waals surface area contributed by atoms with Crippen molar-refractivity contribution in [1.29, 1.82) is 0 Å². The highest BCUT2D eigenvalue weighted by molar-refractivity contribution is 7.80. The zero-order chi connectivity index (χ0) is 15.7. The molecule has 0 saturated heterocycles. The van der Waals surface area contributed by atoms with Crippen LogP contribution in [0.2, 0.25) is 0 Å². The molecule has 1 amide bonds. The summed E-state index contributed by atoms with van der Waals surface area (Å²) in [5.41, 5.74) is 1.39. The van der Waals surface area contributed by atoms with Crippen molar-refractivity contribution in [3.8, 4) is 0 Å². The maximum atomic E-state index is 11.7. The molecule has 1 rings (SSSR count). The van der Waals surface area contributed by atoms with Gasteiger partial charge in [0.2, 0.25) is 5.91 Å². The third-order valence-electron chi connectivity index (χ3n) is 3.06. The molecule has 0 saturated carbocycles. The second kappa shape index (κ2) is 9.23. The minimum absolute atomic E-state index is 0.0181. The van der Waals surface area contributed by atoms with E-state index in [9.17, 15) is 9.59 Å². The fourth-order valence-electron chi connectivity index (χ4n) is 1.85. The molecule has 0 atom stereocenters. The van der Waals surface area contributed by atoms with Gasteiger partial charge >= 0.3 is 0 Å². The van der Waals surface area contributed by atoms with Gasteiger partial charge in [-0.2, -0.15) is 0 Å². The van der Waals surface area contributed by atoms with Crippen LogP contribution in [0.1, 0.15) is 56.3 Å². The molecule has 0 spiro atoms. The van der Waals surface area contributed by atoms with Gasteiger partial charge in [-0.1, -0.05) is 26.2 Å². The van der Waals surface area contributed by atoms with Crippen LogP contribution >= 0.6 is 12.2 Å². The Kier molecular flexibility index (Phi) is 7.61. The number of benzene rings is 1. The van der Waals surface area contributed by atoms with Gasteiger partial charge in [-0.3, -0.25) is 9.59 Å². The van der Waals surface area contributed by atoms with Crippen molar-refractivity contribution >= 4 is 34.7 Å². The van der Waals surface area contributed by atoms with Gasteiger partial charge in [-0.25, -0.2) is 0 Å². The third kappa shape index (κ3) is 6.99. The second-order valence-corrected chi connectivity index (χ2v) is 5.35. The first-order valence-corrected chi connectivity index (χ1v) is 7.65. The average Bonchev–Trinajstić information content (AvgIpc) is 2.44. The number of anilines is 1. The molecule has 0 aromatic heterocycles. The molecule has 0 aliphatic carbocycles. The van der Waals surface area contributed by atoms with Crippen molar-refractivity contribution in [2.45, 2.75) is 46.0 Å². The highest BCUT2D eigenvalue weighted by Crippen LogP contribution is 2.10. The van der Waals surface area contributed by atoms with Crippen LogP contribution in [-0.2, 0) is 4.79 Å². The van der Waals surface area contributed by atoms with Crippen LogP contribution in [-0.4, -0.2) is 16.8 Å². The standard InChI is InChI=1S/C16H22N2O2S/c1-3-4-5-6-7-15(20)18-16(21)17-14-10-8-13(9-11-14)12(2)19/h8-11H,3-7H2,1-2H3,(H2,17,18,20,21). The van der Waals surface area contributed by atoms with Gasteiger partial charge in [-0.05, 0) is 49.8 Å². The lowest BCUT2D eigenvalue weighted by Crippen LogP contribution is -2.33. The Morgan fingerprint density at radius 1 is 1.10 bits per heavy atom. The number of hydrogen-bond acceptors (Lipinski definition) is 3. The molecule has 0 radical (unpaired) electrons. The normalized spacial score (nSPS) is 10.0. The predicted octanol–water partition coefficient (Wildman–Crippen LogP) is 3.67. The zero-order valence-electron chi connectivity index (χ0n) is 12.6. The molecule has 1 aromatic carbocycles. The van der Waals surface area contributed by atoms with Gasteiger partial charge in [0.05, 0.1) is 0 Å². The van der Waals surface area contributed by atoms with Crippen LogP contribution in [0.15, 0.2) is 24.3 Å². The van der Waals surface area contributed by atoms with Crippen molar-refractivity contribution in [2.24, 2.45) is 0 Å². The summed E-state index contributed by atoms with van der Waals surface area (Å²) >= 11 is 5.09. The first kappa shape index (κ1) is 17.3. The van der Waals surface area contributed by atoms with Gasteiger partial charge in [0, 0.05) is 17.7 Å². The van der Waals surface area contributed by atoms with Crippen molar-refractivity contribution in [3.05, 3.63) is 29.8 Å². The summed E-state index contributed by atoms with van der Waals surface area (Å²) in [4.78, 5) is 22.8. The van der Waals surface area contributed by atoms with Gasteiger partial charge in [0.15, 0.2) is 10.9 Å². The first-order valence-electron chi connectivity index (χ1n) is 7.24. The Hall–Kier alpha value is -1.75. The Bertz CT molecular complexity index is 498. The Morgan fingerprint density at radius 3 is 2.33 bits per heavy atom. The topological polar surface area (TPSA) is 58.2 Å². The Balaban J connectivity index is 2.35. The summed E-state index contributed by atoms with van der Waals surface area (Å²) in [5, 5.41) is 5.87. The van der Waals surface area contributed by atoms with Crippen molar-refractivity contribution in [2.75, 3.05) is 5.32 Å². The molecule has 4 nitrogen and oxygen atoms in total. The number of amides is 1. The Morgan fingerprint density at radius 2 is 1.76 bits per heavy atom. The molecule has 0 fully saturated rings. The van der Waals surface area contributed by atoms with Gasteiger partial charge < -0.3 is 10.6 Å². The quantitative estimate of drug-likeness (QED) is 0.458. The number of carbonyl (C=O) groups is 2. The number of ketones is 1. The van der Waals surface area contributed by atoms with E-state index >= 15 is 0 Å². The van der Waals surface area contributed by atoms with Crippen LogP contribution in [0.4, 0.5) is 5.69 Å². The Labute approximate surface area is 131 Å². The van der Waals surface area contributed by atoms with Gasteiger partial charge in [0.25, 0.3) is 0 Å². The molecular formula is C16H22N2O2S. The lowest BCUT2D eigenvalue weighted by Gasteiger charge is -2.09. The van der Waals surface area contributed by atoms with Crippen LogP contribution in [0.5, 0.6) is 0 Å². The maximum absolute atomic E-state index is 11.7. The largest absolute Gasteiger partial charge is 0.332 e. The molecule has 2 N–H and O–H groups in total. The highest BCUT2D eigenvalue weighted by Gasteiger charge is 2.05. The van der Waals surface area contributed by atoms with E-state index in [1.165, 1.54) is 6.92 Å². The van der Waals surface area contributed by atoms with Crippen LogP contribution in [0, 0.1) is 0 Å². The van der Waals surface area contributed by atoms with Crippen LogP contribution < -0.4 is 10.6 Å². The van der Waals surface area contributed by atoms with E-state index in [4.69, 9.17) is 12.2 Å². The van der Waals surface area contributed by atoms with E-state index in [0.717, 1.165) is 31.4 Å². The predicted molar refractivity (Wildman–Crippen MR) is 89.6 cm³/mol. The second-order valence-electron chi connectivity index (χ2n) is 4.95. The lowest BCUT2D eigenvalue weighted by molar-refractivity contribution is -0.119. The van der Waals surface area contributed by atoms with Gasteiger partial charge in [-0.15, -0.1) is 0 Å². The maximum Gasteiger partial charge on any atom is 0.226 e. The van der Waals surface area contributed by atoms with E-state index < -0.39 is 0 Å². The number of unbranched alkanes of at least 4 members (excludes halogenated alkanes) is 3. The fraction of sp³-hybridized carbons (Fsp3) is 0.438. The molecule has 0 aliphatic heterocycles. The summed E-state index contributed by atoms with van der Waals surface area (Å²) < 4.78 is 0. The zero-order valence-corrected chi connectivity index (χ0v) is 13.4. The van der Waals surface area contributed by atoms with E-state index in [2.05, 4.69) is 17.6 Å². The van der Waals surface area contributed by atoms with Crippen molar-refractivity contribution in [1.82, 2.24) is 5.32 Å². The number of hydrogen-bond donors (Lipinski definition) is 2. The molecule has 21 heavy (non-hydrogen) atoms. The molecule has 0 bridgehead atoms. The van der Waals surface area contributed by atoms with Crippen molar-refractivity contribution < 1.29 is 9.59 Å². The first-order chi connectivity index (χ1) is 10.0. The van der Waals surface area contributed by atoms with Crippen LogP contribution in [0.25, 0.3) is 0 Å². The smallest absolute Gasteiger partial charge is 0.226 e. The molecule has 0 aliphatic rings. The summed E-state index contributed by atoms with van der Waals surface area (Å²) in [6.45, 7) is 3.66. The molecule has 0 unspecified atom stereocenters. The molecular weight excluding hydrogens is 284 g/mol. The molecule has 0 heterocycles. The van der Waals surface area contributed by atoms with E-state index in [1.54, 1.807) is 24.3 Å². The number of rotatable bonds is 7. The highest BCUT2D eigenvalue weighted by atomic mass is 32.1. The number of carbonyl (C=O) groups excluding carboxylic acids is 2. The number of thiocarbonyl (C=S) groups is 1. The summed E-state index contributed by atoms with van der Waals surface area (Å²) in [6, 6.07) is 6.96. The molecule has 5 heteroatoms. The van der Waals surface area contributed by atoms with E-state index in [1.807, 2.05) is 0 Å². The fourth-order valence-corrected chi connectivity index (χ4v) is 2.08. The molecule has 114 valence electrons. The van der Waals surface area contributed by atoms with E-state index in [0.29, 0.717) is 12.0 Å². The van der Waals surface area contributed by atoms with Crippen LogP contribution in [0.3, 0.4) is 0 Å². The number of nitrogens with one attached hydrogen (secondary N) is 2. The molecule has 1 aromatic rings. The third-order valence-corrected chi connectivity index (χ3v) is 3.26. The summed E-state index contributed by atoms with van der Waals surface area (Å²) in [6.07, 6.45) is 4.74. The summed E-state index contributed by atoms with van der Waals surface area (Å²) in [7, 11) is 0.